The highest BCUT2D eigenvalue weighted by atomic mass is 35.5. The van der Waals surface area contributed by atoms with Crippen molar-refractivity contribution in [1.82, 2.24) is 0 Å². The molecule has 3 unspecified atom stereocenters. The first kappa shape index (κ1) is 26.3. The average molecular weight is 423 g/mol. The third-order valence-corrected chi connectivity index (χ3v) is 6.54. The lowest BCUT2D eigenvalue weighted by molar-refractivity contribution is 0.273. The molecule has 168 valence electrons. The quantitative estimate of drug-likeness (QED) is 0.227. The monoisotopic (exact) mass is 422 g/mol. The van der Waals surface area contributed by atoms with Crippen LogP contribution in [0.4, 0.5) is 0 Å². The largest absolute Gasteiger partial charge is 0.493 e. The molecule has 0 aliphatic rings. The Hall–Kier alpha value is -0.690. The Morgan fingerprint density at radius 2 is 1.17 bits per heavy atom. The molecule has 0 amide bonds. The maximum absolute atomic E-state index is 5.98. The molecular formula is C27H47ClO. The summed E-state index contributed by atoms with van der Waals surface area (Å²) in [6.45, 7) is 12.7. The van der Waals surface area contributed by atoms with Gasteiger partial charge in [0.25, 0.3) is 0 Å². The lowest BCUT2D eigenvalue weighted by Gasteiger charge is -2.17. The molecule has 0 bridgehead atoms. The molecule has 1 rings (SSSR count). The number of ether oxygens (including phenoxy) is 1. The van der Waals surface area contributed by atoms with Gasteiger partial charge in [-0.3, -0.25) is 0 Å². The van der Waals surface area contributed by atoms with Crippen molar-refractivity contribution in [2.24, 2.45) is 23.7 Å². The summed E-state index contributed by atoms with van der Waals surface area (Å²) >= 11 is 5.98. The summed E-state index contributed by atoms with van der Waals surface area (Å²) < 4.78 is 5.96. The number of halogens is 1. The van der Waals surface area contributed by atoms with Crippen molar-refractivity contribution in [3.63, 3.8) is 0 Å². The summed E-state index contributed by atoms with van der Waals surface area (Å²) in [6.07, 6.45) is 13.6. The van der Waals surface area contributed by atoms with Crippen molar-refractivity contribution in [2.45, 2.75) is 105 Å². The Labute approximate surface area is 187 Å². The molecule has 1 aromatic rings. The molecule has 2 heteroatoms. The molecule has 29 heavy (non-hydrogen) atoms. The average Bonchev–Trinajstić information content (AvgIpc) is 2.68. The van der Waals surface area contributed by atoms with E-state index < -0.39 is 0 Å². The van der Waals surface area contributed by atoms with Crippen molar-refractivity contribution in [3.8, 4) is 5.75 Å². The number of para-hydroxylation sites is 1. The van der Waals surface area contributed by atoms with Crippen LogP contribution in [0, 0.1) is 23.7 Å². The van der Waals surface area contributed by atoms with Crippen LogP contribution in [0.2, 0.25) is 0 Å². The number of hydrogen-bond donors (Lipinski definition) is 0. The second kappa shape index (κ2) is 16.1. The first-order chi connectivity index (χ1) is 13.9. The molecule has 0 spiro atoms. The predicted molar refractivity (Wildman–Crippen MR) is 130 cm³/mol. The molecule has 0 radical (unpaired) electrons. The summed E-state index contributed by atoms with van der Waals surface area (Å²) in [5.74, 6) is 4.83. The van der Waals surface area contributed by atoms with Gasteiger partial charge in [-0.2, -0.15) is 0 Å². The van der Waals surface area contributed by atoms with Crippen molar-refractivity contribution < 1.29 is 4.74 Å². The van der Waals surface area contributed by atoms with E-state index in [2.05, 4.69) is 34.6 Å². The smallest absolute Gasteiger partial charge is 0.123 e. The van der Waals surface area contributed by atoms with Gasteiger partial charge < -0.3 is 4.74 Å². The molecule has 1 aromatic carbocycles. The van der Waals surface area contributed by atoms with Gasteiger partial charge in [-0.25, -0.2) is 0 Å². The van der Waals surface area contributed by atoms with E-state index in [1.165, 1.54) is 57.8 Å². The van der Waals surface area contributed by atoms with E-state index >= 15 is 0 Å². The van der Waals surface area contributed by atoms with Gasteiger partial charge in [0, 0.05) is 5.56 Å². The van der Waals surface area contributed by atoms with Gasteiger partial charge in [-0.15, -0.1) is 11.6 Å². The fourth-order valence-corrected chi connectivity index (χ4v) is 4.28. The van der Waals surface area contributed by atoms with Crippen molar-refractivity contribution in [3.05, 3.63) is 29.8 Å². The molecule has 0 aliphatic carbocycles. The van der Waals surface area contributed by atoms with Crippen LogP contribution >= 0.6 is 11.6 Å². The van der Waals surface area contributed by atoms with E-state index in [1.54, 1.807) is 0 Å². The lowest BCUT2D eigenvalue weighted by atomic mass is 9.91. The van der Waals surface area contributed by atoms with Crippen LogP contribution in [0.5, 0.6) is 5.75 Å². The van der Waals surface area contributed by atoms with Crippen molar-refractivity contribution in [2.75, 3.05) is 6.61 Å². The molecule has 3 atom stereocenters. The third-order valence-electron chi connectivity index (χ3n) is 6.25. The van der Waals surface area contributed by atoms with Gasteiger partial charge in [-0.1, -0.05) is 111 Å². The summed E-state index contributed by atoms with van der Waals surface area (Å²) in [5.41, 5.74) is 1.09. The van der Waals surface area contributed by atoms with Crippen LogP contribution in [0.1, 0.15) is 104 Å². The maximum Gasteiger partial charge on any atom is 0.123 e. The minimum absolute atomic E-state index is 0.514. The van der Waals surface area contributed by atoms with Crippen LogP contribution in [0.25, 0.3) is 0 Å². The minimum Gasteiger partial charge on any atom is -0.493 e. The summed E-state index contributed by atoms with van der Waals surface area (Å²) in [7, 11) is 0. The molecule has 0 aliphatic heterocycles. The fourth-order valence-electron chi connectivity index (χ4n) is 4.06. The van der Waals surface area contributed by atoms with Crippen LogP contribution in [0.3, 0.4) is 0 Å². The Balaban J connectivity index is 2.04. The second-order valence-electron chi connectivity index (χ2n) is 9.88. The molecular weight excluding hydrogens is 376 g/mol. The molecule has 0 aromatic heterocycles. The first-order valence-electron chi connectivity index (χ1n) is 12.2. The number of hydrogen-bond acceptors (Lipinski definition) is 1. The molecule has 0 N–H and O–H groups in total. The molecule has 0 saturated heterocycles. The van der Waals surface area contributed by atoms with Crippen LogP contribution < -0.4 is 4.74 Å². The van der Waals surface area contributed by atoms with Gasteiger partial charge in [-0.05, 0) is 36.2 Å². The van der Waals surface area contributed by atoms with Crippen LogP contribution in [-0.4, -0.2) is 6.61 Å². The van der Waals surface area contributed by atoms with Gasteiger partial charge in [0.15, 0.2) is 0 Å². The number of benzene rings is 1. The second-order valence-corrected chi connectivity index (χ2v) is 10.1. The van der Waals surface area contributed by atoms with Crippen molar-refractivity contribution in [1.29, 1.82) is 0 Å². The highest BCUT2D eigenvalue weighted by molar-refractivity contribution is 6.17. The van der Waals surface area contributed by atoms with E-state index in [4.69, 9.17) is 16.3 Å². The zero-order valence-electron chi connectivity index (χ0n) is 19.9. The highest BCUT2D eigenvalue weighted by Crippen LogP contribution is 2.24. The standard InChI is InChI=1S/C27H47ClO/c1-22(2)11-8-12-23(3)13-9-14-24(4)15-10-16-25(5)19-20-29-27-18-7-6-17-26(27)21-28/h6-7,17-18,22-25H,8-16,19-21H2,1-5H3. The van der Waals surface area contributed by atoms with E-state index in [0.29, 0.717) is 5.88 Å². The molecule has 0 saturated carbocycles. The van der Waals surface area contributed by atoms with Gasteiger partial charge >= 0.3 is 0 Å². The third kappa shape index (κ3) is 13.3. The highest BCUT2D eigenvalue weighted by Gasteiger charge is 2.09. The van der Waals surface area contributed by atoms with Gasteiger partial charge in [0.2, 0.25) is 0 Å². The lowest BCUT2D eigenvalue weighted by Crippen LogP contribution is -2.06. The summed E-state index contributed by atoms with van der Waals surface area (Å²) in [6, 6.07) is 8.10. The fraction of sp³-hybridized carbons (Fsp3) is 0.778. The molecule has 1 nitrogen and oxygen atoms in total. The van der Waals surface area contributed by atoms with E-state index in [0.717, 1.165) is 48.0 Å². The Bertz CT molecular complexity index is 513. The zero-order valence-corrected chi connectivity index (χ0v) is 20.6. The van der Waals surface area contributed by atoms with E-state index in [9.17, 15) is 0 Å². The molecule has 0 heterocycles. The maximum atomic E-state index is 5.98. The molecule has 0 fully saturated rings. The normalized spacial score (nSPS) is 14.7. The first-order valence-corrected chi connectivity index (χ1v) is 12.7. The van der Waals surface area contributed by atoms with E-state index in [-0.39, 0.29) is 0 Å². The van der Waals surface area contributed by atoms with Gasteiger partial charge in [0.1, 0.15) is 5.75 Å². The minimum atomic E-state index is 0.514. The van der Waals surface area contributed by atoms with Crippen LogP contribution in [-0.2, 0) is 5.88 Å². The SMILES string of the molecule is CC(C)CCCC(C)CCCC(C)CCCC(C)CCOc1ccccc1CCl. The summed E-state index contributed by atoms with van der Waals surface area (Å²) in [4.78, 5) is 0. The summed E-state index contributed by atoms with van der Waals surface area (Å²) in [5, 5.41) is 0. The van der Waals surface area contributed by atoms with Crippen LogP contribution in [0.15, 0.2) is 24.3 Å². The zero-order chi connectivity index (χ0) is 21.5. The van der Waals surface area contributed by atoms with Crippen molar-refractivity contribution >= 4 is 11.6 Å². The Kier molecular flexibility index (Phi) is 14.6. The number of rotatable bonds is 17. The van der Waals surface area contributed by atoms with Gasteiger partial charge in [0.05, 0.1) is 12.5 Å². The Morgan fingerprint density at radius 1 is 0.690 bits per heavy atom. The Morgan fingerprint density at radius 3 is 1.69 bits per heavy atom. The predicted octanol–water partition coefficient (Wildman–Crippen LogP) is 9.27. The number of alkyl halides is 1. The van der Waals surface area contributed by atoms with E-state index in [1.807, 2.05) is 24.3 Å². The topological polar surface area (TPSA) is 9.23 Å².